The van der Waals surface area contributed by atoms with Crippen LogP contribution >= 0.6 is 0 Å². The Morgan fingerprint density at radius 1 is 1.08 bits per heavy atom. The molecule has 8 nitrogen and oxygen atoms in total. The molecule has 1 saturated heterocycles. The Bertz CT molecular complexity index is 1380. The van der Waals surface area contributed by atoms with Crippen molar-refractivity contribution < 1.29 is 4.79 Å². The number of carbonyl (C=O) groups excluding carboxylic acids is 1. The number of hydrogen-bond donors (Lipinski definition) is 3. The number of fused-ring (bicyclic) bond motifs is 2. The van der Waals surface area contributed by atoms with E-state index in [1.54, 1.807) is 12.7 Å². The average molecular weight is 486 g/mol. The van der Waals surface area contributed by atoms with Crippen molar-refractivity contribution in [3.8, 4) is 11.1 Å². The van der Waals surface area contributed by atoms with E-state index in [4.69, 9.17) is 0 Å². The Morgan fingerprint density at radius 3 is 2.72 bits per heavy atom. The first-order valence-corrected chi connectivity index (χ1v) is 13.2. The SMILES string of the molecule is CN(C[C@H]1CCCN1C)c1cc(-c2ccc3[nH]cnc3c2)c2nc[nH]c2c1C(=O)NC1CCCCC1. The van der Waals surface area contributed by atoms with Gasteiger partial charge in [0.2, 0.25) is 0 Å². The van der Waals surface area contributed by atoms with Crippen LogP contribution in [0.4, 0.5) is 5.69 Å². The van der Waals surface area contributed by atoms with Crippen molar-refractivity contribution in [2.24, 2.45) is 0 Å². The Balaban J connectivity index is 1.45. The molecule has 188 valence electrons. The van der Waals surface area contributed by atoms with E-state index in [0.717, 1.165) is 64.8 Å². The van der Waals surface area contributed by atoms with Crippen LogP contribution in [-0.2, 0) is 0 Å². The minimum absolute atomic E-state index is 0.00733. The third kappa shape index (κ3) is 4.23. The van der Waals surface area contributed by atoms with Crippen LogP contribution in [0.15, 0.2) is 36.9 Å². The molecule has 4 aromatic rings. The standard InChI is InChI=1S/C28H35N7O/c1-34-12-6-9-20(34)15-35(2)24-14-21(18-10-11-22-23(13-18)30-16-29-22)26-27(32-17-31-26)25(24)28(36)33-19-7-4-3-5-8-19/h10-11,13-14,16-17,19-20H,3-9,12,15H2,1-2H3,(H,29,30)(H,31,32)(H,33,36)/t20-/m1/s1. The van der Waals surface area contributed by atoms with E-state index >= 15 is 0 Å². The molecule has 0 bridgehead atoms. The van der Waals surface area contributed by atoms with Gasteiger partial charge in [0.05, 0.1) is 46.0 Å². The van der Waals surface area contributed by atoms with Crippen LogP contribution < -0.4 is 10.2 Å². The zero-order valence-corrected chi connectivity index (χ0v) is 21.2. The van der Waals surface area contributed by atoms with Gasteiger partial charge in [-0.1, -0.05) is 25.3 Å². The maximum atomic E-state index is 13.8. The minimum atomic E-state index is -0.00733. The molecule has 8 heteroatoms. The molecule has 3 N–H and O–H groups in total. The summed E-state index contributed by atoms with van der Waals surface area (Å²) in [7, 11) is 4.31. The molecule has 6 rings (SSSR count). The quantitative estimate of drug-likeness (QED) is 0.368. The van der Waals surface area contributed by atoms with Crippen molar-refractivity contribution in [3.05, 3.63) is 42.5 Å². The van der Waals surface area contributed by atoms with E-state index in [-0.39, 0.29) is 11.9 Å². The van der Waals surface area contributed by atoms with Crippen molar-refractivity contribution in [2.45, 2.75) is 57.0 Å². The van der Waals surface area contributed by atoms with E-state index in [1.807, 2.05) is 0 Å². The van der Waals surface area contributed by atoms with Crippen molar-refractivity contribution in [3.63, 3.8) is 0 Å². The van der Waals surface area contributed by atoms with Crippen molar-refractivity contribution >= 4 is 33.7 Å². The maximum Gasteiger partial charge on any atom is 0.255 e. The summed E-state index contributed by atoms with van der Waals surface area (Å²) in [6, 6.07) is 9.11. The molecule has 0 spiro atoms. The number of benzene rings is 2. The number of H-pyrrole nitrogens is 2. The van der Waals surface area contributed by atoms with Crippen LogP contribution in [0, 0.1) is 0 Å². The lowest BCUT2D eigenvalue weighted by atomic mass is 9.94. The fourth-order valence-electron chi connectivity index (χ4n) is 6.07. The highest BCUT2D eigenvalue weighted by Gasteiger charge is 2.28. The second-order valence-electron chi connectivity index (χ2n) is 10.5. The second kappa shape index (κ2) is 9.58. The predicted molar refractivity (Wildman–Crippen MR) is 144 cm³/mol. The summed E-state index contributed by atoms with van der Waals surface area (Å²) < 4.78 is 0. The maximum absolute atomic E-state index is 13.8. The topological polar surface area (TPSA) is 92.9 Å². The molecule has 1 aliphatic heterocycles. The number of likely N-dealkylation sites (tertiary alicyclic amines) is 1. The van der Waals surface area contributed by atoms with Crippen LogP contribution in [0.25, 0.3) is 33.2 Å². The summed E-state index contributed by atoms with van der Waals surface area (Å²) in [6.07, 6.45) is 11.5. The number of nitrogens with one attached hydrogen (secondary N) is 3. The smallest absolute Gasteiger partial charge is 0.255 e. The van der Waals surface area contributed by atoms with Gasteiger partial charge in [-0.3, -0.25) is 4.79 Å². The summed E-state index contributed by atoms with van der Waals surface area (Å²) in [5.74, 6) is -0.00733. The zero-order valence-electron chi connectivity index (χ0n) is 21.2. The highest BCUT2D eigenvalue weighted by Crippen LogP contribution is 2.37. The molecule has 1 amide bonds. The molecule has 3 heterocycles. The van der Waals surface area contributed by atoms with Crippen LogP contribution in [-0.4, -0.2) is 70.0 Å². The van der Waals surface area contributed by atoms with Gasteiger partial charge in [-0.05, 0) is 63.0 Å². The van der Waals surface area contributed by atoms with Gasteiger partial charge in [0, 0.05) is 31.2 Å². The number of aromatic nitrogens is 4. The van der Waals surface area contributed by atoms with Gasteiger partial charge in [-0.2, -0.15) is 0 Å². The fraction of sp³-hybridized carbons (Fsp3) is 0.464. The second-order valence-corrected chi connectivity index (χ2v) is 10.5. The molecule has 2 aliphatic rings. The van der Waals surface area contributed by atoms with Crippen LogP contribution in [0.5, 0.6) is 0 Å². The Kier molecular flexibility index (Phi) is 6.13. The number of anilines is 1. The van der Waals surface area contributed by atoms with Crippen molar-refractivity contribution in [1.82, 2.24) is 30.2 Å². The molecule has 0 unspecified atom stereocenters. The zero-order chi connectivity index (χ0) is 24.6. The molecule has 2 aromatic carbocycles. The number of nitrogens with zero attached hydrogens (tertiary/aromatic N) is 4. The van der Waals surface area contributed by atoms with Crippen LogP contribution in [0.3, 0.4) is 0 Å². The highest BCUT2D eigenvalue weighted by atomic mass is 16.1. The largest absolute Gasteiger partial charge is 0.372 e. The molecule has 1 atom stereocenters. The van der Waals surface area contributed by atoms with Gasteiger partial charge in [0.25, 0.3) is 5.91 Å². The van der Waals surface area contributed by atoms with Gasteiger partial charge >= 0.3 is 0 Å². The van der Waals surface area contributed by atoms with Crippen molar-refractivity contribution in [1.29, 1.82) is 0 Å². The van der Waals surface area contributed by atoms with E-state index in [9.17, 15) is 4.79 Å². The average Bonchev–Trinajstić information content (AvgIpc) is 3.64. The lowest BCUT2D eigenvalue weighted by Gasteiger charge is -2.30. The predicted octanol–water partition coefficient (Wildman–Crippen LogP) is 4.70. The van der Waals surface area contributed by atoms with Gasteiger partial charge in [-0.25, -0.2) is 9.97 Å². The number of amides is 1. The summed E-state index contributed by atoms with van der Waals surface area (Å²) in [4.78, 5) is 34.1. The Labute approximate surface area is 211 Å². The Hall–Kier alpha value is -3.39. The Morgan fingerprint density at radius 2 is 1.92 bits per heavy atom. The summed E-state index contributed by atoms with van der Waals surface area (Å²) in [5.41, 5.74) is 7.21. The first kappa shape index (κ1) is 23.0. The molecule has 1 aliphatic carbocycles. The third-order valence-corrected chi connectivity index (χ3v) is 8.15. The lowest BCUT2D eigenvalue weighted by Crippen LogP contribution is -2.39. The van der Waals surface area contributed by atoms with Crippen LogP contribution in [0.1, 0.15) is 55.3 Å². The van der Waals surface area contributed by atoms with Gasteiger partial charge in [-0.15, -0.1) is 0 Å². The summed E-state index contributed by atoms with van der Waals surface area (Å²) >= 11 is 0. The molecular formula is C28H35N7O. The van der Waals surface area contributed by atoms with Gasteiger partial charge in [0.15, 0.2) is 0 Å². The molecule has 1 saturated carbocycles. The van der Waals surface area contributed by atoms with Crippen molar-refractivity contribution in [2.75, 3.05) is 32.1 Å². The number of aromatic amines is 2. The first-order chi connectivity index (χ1) is 17.6. The molecule has 2 aromatic heterocycles. The molecule has 2 fully saturated rings. The number of rotatable bonds is 6. The van der Waals surface area contributed by atoms with E-state index in [1.165, 1.54) is 32.1 Å². The summed E-state index contributed by atoms with van der Waals surface area (Å²) in [5, 5.41) is 3.36. The van der Waals surface area contributed by atoms with E-state index in [2.05, 4.69) is 73.4 Å². The fourth-order valence-corrected chi connectivity index (χ4v) is 6.07. The number of hydrogen-bond acceptors (Lipinski definition) is 5. The molecule has 36 heavy (non-hydrogen) atoms. The lowest BCUT2D eigenvalue weighted by molar-refractivity contribution is 0.0929. The highest BCUT2D eigenvalue weighted by molar-refractivity contribution is 6.13. The monoisotopic (exact) mass is 485 g/mol. The molecule has 0 radical (unpaired) electrons. The normalized spacial score (nSPS) is 19.3. The van der Waals surface area contributed by atoms with E-state index in [0.29, 0.717) is 11.6 Å². The minimum Gasteiger partial charge on any atom is -0.372 e. The van der Waals surface area contributed by atoms with E-state index < -0.39 is 0 Å². The number of likely N-dealkylation sites (N-methyl/N-ethyl adjacent to an activating group) is 2. The first-order valence-electron chi connectivity index (χ1n) is 13.2. The number of imidazole rings is 2. The number of carbonyl (C=O) groups is 1. The summed E-state index contributed by atoms with van der Waals surface area (Å²) in [6.45, 7) is 2.00. The molecular weight excluding hydrogens is 450 g/mol. The van der Waals surface area contributed by atoms with Gasteiger partial charge in [0.1, 0.15) is 0 Å². The van der Waals surface area contributed by atoms with Crippen LogP contribution in [0.2, 0.25) is 0 Å². The van der Waals surface area contributed by atoms with Gasteiger partial charge < -0.3 is 25.1 Å². The third-order valence-electron chi connectivity index (χ3n) is 8.15.